The van der Waals surface area contributed by atoms with Crippen LogP contribution in [0.15, 0.2) is 0 Å². The minimum absolute atomic E-state index is 0.0589. The van der Waals surface area contributed by atoms with Crippen molar-refractivity contribution in [3.8, 4) is 0 Å². The highest BCUT2D eigenvalue weighted by Crippen LogP contribution is 2.68. The van der Waals surface area contributed by atoms with Crippen LogP contribution in [0.2, 0.25) is 0 Å². The van der Waals surface area contributed by atoms with Gasteiger partial charge >= 0.3 is 5.97 Å². The molecule has 12 heteroatoms. The number of amides is 1. The molecule has 44 heavy (non-hydrogen) atoms. The Balaban J connectivity index is 1.25. The minimum atomic E-state index is -1.50. The maximum absolute atomic E-state index is 12.2. The number of carboxylic acids is 1. The zero-order chi connectivity index (χ0) is 32.1. The lowest BCUT2D eigenvalue weighted by Crippen LogP contribution is -2.63. The molecule has 0 radical (unpaired) electrons. The van der Waals surface area contributed by atoms with Crippen molar-refractivity contribution in [1.82, 2.24) is 5.32 Å². The third-order valence-electron chi connectivity index (χ3n) is 12.9. The predicted molar refractivity (Wildman–Crippen MR) is 156 cm³/mol. The van der Waals surface area contributed by atoms with Crippen molar-refractivity contribution in [1.29, 1.82) is 0 Å². The van der Waals surface area contributed by atoms with Gasteiger partial charge in [-0.15, -0.1) is 0 Å². The zero-order valence-corrected chi connectivity index (χ0v) is 26.1. The quantitative estimate of drug-likeness (QED) is 0.164. The van der Waals surface area contributed by atoms with Crippen molar-refractivity contribution < 1.29 is 54.8 Å². The Labute approximate surface area is 259 Å². The van der Waals surface area contributed by atoms with E-state index in [0.717, 1.165) is 19.3 Å². The Morgan fingerprint density at radius 2 is 1.70 bits per heavy atom. The third-order valence-corrected chi connectivity index (χ3v) is 12.9. The number of aliphatic hydroxyl groups excluding tert-OH is 6. The van der Waals surface area contributed by atoms with E-state index in [2.05, 4.69) is 26.1 Å². The molecule has 1 amide bonds. The van der Waals surface area contributed by atoms with Crippen molar-refractivity contribution >= 4 is 11.9 Å². The Hall–Kier alpha value is -1.38. The maximum atomic E-state index is 12.2. The van der Waals surface area contributed by atoms with Crippen molar-refractivity contribution in [2.45, 2.75) is 128 Å². The van der Waals surface area contributed by atoms with Crippen LogP contribution in [0.1, 0.15) is 78.6 Å². The van der Waals surface area contributed by atoms with Gasteiger partial charge < -0.3 is 50.5 Å². The molecule has 4 aliphatic carbocycles. The summed E-state index contributed by atoms with van der Waals surface area (Å²) in [5.74, 6) is -0.538. The average Bonchev–Trinajstić information content (AvgIpc) is 3.34. The average molecular weight is 628 g/mol. The highest BCUT2D eigenvalue weighted by Gasteiger charge is 2.66. The van der Waals surface area contributed by atoms with Gasteiger partial charge in [-0.1, -0.05) is 20.8 Å². The van der Waals surface area contributed by atoms with Crippen LogP contribution in [0.5, 0.6) is 0 Å². The lowest BCUT2D eigenvalue weighted by atomic mass is 9.43. The van der Waals surface area contributed by atoms with Gasteiger partial charge in [0.2, 0.25) is 5.91 Å². The molecule has 5 aliphatic rings. The fourth-order valence-corrected chi connectivity index (χ4v) is 10.4. The van der Waals surface area contributed by atoms with Gasteiger partial charge in [-0.2, -0.15) is 0 Å². The third kappa shape index (κ3) is 5.94. The monoisotopic (exact) mass is 627 g/mol. The first kappa shape index (κ1) is 34.0. The fraction of sp³-hybridized carbons (Fsp3) is 0.938. The molecule has 16 atom stereocenters. The molecule has 8 N–H and O–H groups in total. The van der Waals surface area contributed by atoms with E-state index in [0.29, 0.717) is 32.1 Å². The molecule has 5 fully saturated rings. The standard InChI is InChI=1S/C32H53NO11/c1-15(4-7-24(37)33-13-25(38)39)18-5-6-19-26-20(12-23(36)32(18,19)3)31(2)9-8-17(10-16(31)11-21(26)35)43-30-29(42)28(41)27(40)22(14-34)44-30/h15-23,26-30,34-36,40-42H,4-14H2,1-3H3,(H,33,37)(H,38,39)/t15-,16+,17-,18-,19+,20+,21-,22-,23+,26+,27-,28+,29-,30-,31+,32-/m1/s1. The van der Waals surface area contributed by atoms with Crippen LogP contribution in [-0.2, 0) is 19.1 Å². The summed E-state index contributed by atoms with van der Waals surface area (Å²) < 4.78 is 11.7. The molecular formula is C32H53NO11. The normalized spacial score (nSPS) is 49.3. The number of ether oxygens (including phenoxy) is 2. The Morgan fingerprint density at radius 1 is 0.977 bits per heavy atom. The molecule has 5 rings (SSSR count). The molecule has 0 aromatic carbocycles. The number of carbonyl (C=O) groups excluding carboxylic acids is 1. The van der Waals surface area contributed by atoms with E-state index in [1.807, 2.05) is 0 Å². The van der Waals surface area contributed by atoms with Crippen molar-refractivity contribution in [2.24, 2.45) is 46.3 Å². The lowest BCUT2D eigenvalue weighted by Gasteiger charge is -2.63. The van der Waals surface area contributed by atoms with E-state index in [-0.39, 0.29) is 64.8 Å². The van der Waals surface area contributed by atoms with Gasteiger partial charge in [-0.3, -0.25) is 9.59 Å². The van der Waals surface area contributed by atoms with E-state index in [4.69, 9.17) is 14.6 Å². The molecule has 0 aromatic heterocycles. The van der Waals surface area contributed by atoms with Crippen LogP contribution in [-0.4, -0.2) is 110 Å². The van der Waals surface area contributed by atoms with Crippen molar-refractivity contribution in [2.75, 3.05) is 13.2 Å². The Morgan fingerprint density at radius 3 is 2.39 bits per heavy atom. The van der Waals surface area contributed by atoms with Crippen LogP contribution >= 0.6 is 0 Å². The van der Waals surface area contributed by atoms with Crippen LogP contribution in [0.4, 0.5) is 0 Å². The first-order chi connectivity index (χ1) is 20.7. The Bertz CT molecular complexity index is 1040. The smallest absolute Gasteiger partial charge is 0.322 e. The van der Waals surface area contributed by atoms with Gasteiger partial charge in [0.1, 0.15) is 31.0 Å². The van der Waals surface area contributed by atoms with E-state index in [1.165, 1.54) is 0 Å². The molecule has 1 aliphatic heterocycles. The number of aliphatic carboxylic acids is 1. The number of aliphatic hydroxyl groups is 6. The van der Waals surface area contributed by atoms with Gasteiger partial charge in [0.15, 0.2) is 6.29 Å². The van der Waals surface area contributed by atoms with Gasteiger partial charge in [-0.05, 0) is 97.7 Å². The van der Waals surface area contributed by atoms with E-state index >= 15 is 0 Å². The molecule has 0 bridgehead atoms. The second-order valence-electron chi connectivity index (χ2n) is 15.0. The first-order valence-electron chi connectivity index (χ1n) is 16.5. The number of fused-ring (bicyclic) bond motifs is 5. The summed E-state index contributed by atoms with van der Waals surface area (Å²) in [4.78, 5) is 23.0. The summed E-state index contributed by atoms with van der Waals surface area (Å²) in [5.41, 5.74) is -0.501. The highest BCUT2D eigenvalue weighted by molar-refractivity contribution is 5.81. The number of carbonyl (C=O) groups is 2. The minimum Gasteiger partial charge on any atom is -0.480 e. The van der Waals surface area contributed by atoms with Gasteiger partial charge in [-0.25, -0.2) is 0 Å². The number of hydrogen-bond donors (Lipinski definition) is 8. The molecule has 12 nitrogen and oxygen atoms in total. The largest absolute Gasteiger partial charge is 0.480 e. The Kier molecular flexibility index (Phi) is 10.1. The molecule has 0 spiro atoms. The summed E-state index contributed by atoms with van der Waals surface area (Å²) in [6.07, 6.45) is -1.96. The highest BCUT2D eigenvalue weighted by atomic mass is 16.7. The number of carboxylic acid groups (broad SMARTS) is 1. The second kappa shape index (κ2) is 13.0. The van der Waals surface area contributed by atoms with E-state index < -0.39 is 62.0 Å². The van der Waals surface area contributed by atoms with Gasteiger partial charge in [0.05, 0.1) is 24.9 Å². The molecule has 4 saturated carbocycles. The summed E-state index contributed by atoms with van der Waals surface area (Å²) in [7, 11) is 0. The lowest BCUT2D eigenvalue weighted by molar-refractivity contribution is -0.317. The summed E-state index contributed by atoms with van der Waals surface area (Å²) in [6, 6.07) is 0. The van der Waals surface area contributed by atoms with Crippen LogP contribution in [0, 0.1) is 46.3 Å². The zero-order valence-electron chi connectivity index (χ0n) is 26.1. The number of nitrogens with one attached hydrogen (secondary N) is 1. The molecule has 0 aromatic rings. The van der Waals surface area contributed by atoms with Crippen molar-refractivity contribution in [3.05, 3.63) is 0 Å². The fourth-order valence-electron chi connectivity index (χ4n) is 10.4. The summed E-state index contributed by atoms with van der Waals surface area (Å²) in [6.45, 7) is 5.66. The molecule has 0 unspecified atom stereocenters. The van der Waals surface area contributed by atoms with E-state index in [1.54, 1.807) is 0 Å². The molecule has 1 heterocycles. The summed E-state index contributed by atoms with van der Waals surface area (Å²) in [5, 5.41) is 75.1. The van der Waals surface area contributed by atoms with Gasteiger partial charge in [0.25, 0.3) is 0 Å². The van der Waals surface area contributed by atoms with Crippen molar-refractivity contribution in [3.63, 3.8) is 0 Å². The molecular weight excluding hydrogens is 574 g/mol. The molecule has 252 valence electrons. The first-order valence-corrected chi connectivity index (χ1v) is 16.5. The topological polar surface area (TPSA) is 206 Å². The number of rotatable bonds is 9. The van der Waals surface area contributed by atoms with Crippen LogP contribution < -0.4 is 5.32 Å². The summed E-state index contributed by atoms with van der Waals surface area (Å²) >= 11 is 0. The van der Waals surface area contributed by atoms with Gasteiger partial charge in [0, 0.05) is 6.42 Å². The van der Waals surface area contributed by atoms with Crippen LogP contribution in [0.3, 0.4) is 0 Å². The molecule has 1 saturated heterocycles. The SMILES string of the molecule is C[C@H](CCC(=O)NCC(=O)O)[C@H]1CC[C@H]2[C@@H]3[C@H](O)C[C@@H]4C[C@H](O[C@@H]5O[C@H](CO)[C@@H](O)[C@H](O)[C@H]5O)CC[C@]4(C)[C@H]3C[C@H](O)[C@]12C. The maximum Gasteiger partial charge on any atom is 0.322 e. The number of hydrogen-bond acceptors (Lipinski definition) is 10. The van der Waals surface area contributed by atoms with E-state index in [9.17, 15) is 40.2 Å². The predicted octanol–water partition coefficient (Wildman–Crippen LogP) is 0.389. The van der Waals surface area contributed by atoms with Crippen LogP contribution in [0.25, 0.3) is 0 Å². The second-order valence-corrected chi connectivity index (χ2v) is 15.0.